The number of allylic oxidation sites excluding steroid dienone is 1. The maximum atomic E-state index is 5.93. The van der Waals surface area contributed by atoms with E-state index in [1.165, 1.54) is 0 Å². The van der Waals surface area contributed by atoms with Crippen LogP contribution in [0, 0.1) is 5.41 Å². The van der Waals surface area contributed by atoms with Crippen molar-refractivity contribution in [2.24, 2.45) is 5.41 Å². The average Bonchev–Trinajstić information content (AvgIpc) is 2.21. The highest BCUT2D eigenvalue weighted by atomic mass is 16.5. The molecule has 19 heavy (non-hydrogen) atoms. The minimum atomic E-state index is -0.159. The third kappa shape index (κ3) is 3.01. The summed E-state index contributed by atoms with van der Waals surface area (Å²) in [5.74, 6) is 0.767. The van der Waals surface area contributed by atoms with Crippen LogP contribution in [0.4, 0.5) is 5.69 Å². The van der Waals surface area contributed by atoms with E-state index in [0.717, 1.165) is 29.0 Å². The summed E-state index contributed by atoms with van der Waals surface area (Å²) in [4.78, 5) is 0. The number of anilines is 1. The molecular weight excluding hydrogens is 234 g/mol. The molecule has 0 amide bonds. The molecule has 0 aliphatic carbocycles. The molecule has 1 saturated heterocycles. The Morgan fingerprint density at radius 1 is 1.26 bits per heavy atom. The number of ether oxygens (including phenoxy) is 1. The zero-order valence-electron chi connectivity index (χ0n) is 12.3. The van der Waals surface area contributed by atoms with Gasteiger partial charge in [0.2, 0.25) is 0 Å². The number of benzene rings is 1. The largest absolute Gasteiger partial charge is 0.488 e. The van der Waals surface area contributed by atoms with Gasteiger partial charge in [-0.2, -0.15) is 0 Å². The predicted octanol–water partition coefficient (Wildman–Crippen LogP) is 4.39. The number of rotatable bonds is 1. The molecule has 0 atom stereocenters. The quantitative estimate of drug-likeness (QED) is 0.757. The van der Waals surface area contributed by atoms with Crippen LogP contribution in [-0.2, 0) is 4.74 Å². The summed E-state index contributed by atoms with van der Waals surface area (Å²) in [6.07, 6.45) is 3.10. The SMILES string of the molecule is C=C1OC(C)(C)CC(C)(C)/C1=C/c1cccc(N)c1. The molecule has 2 heteroatoms. The fourth-order valence-corrected chi connectivity index (χ4v) is 3.05. The molecule has 1 aliphatic rings. The molecule has 0 unspecified atom stereocenters. The summed E-state index contributed by atoms with van der Waals surface area (Å²) in [6, 6.07) is 7.87. The Balaban J connectivity index is 2.41. The van der Waals surface area contributed by atoms with E-state index in [-0.39, 0.29) is 11.0 Å². The maximum Gasteiger partial charge on any atom is 0.116 e. The minimum absolute atomic E-state index is 0.0451. The first-order chi connectivity index (χ1) is 8.70. The summed E-state index contributed by atoms with van der Waals surface area (Å²) < 4.78 is 5.93. The van der Waals surface area contributed by atoms with Gasteiger partial charge in [0.05, 0.1) is 0 Å². The Labute approximate surface area is 116 Å². The molecule has 1 aromatic rings. The predicted molar refractivity (Wildman–Crippen MR) is 81.5 cm³/mol. The Kier molecular flexibility index (Phi) is 3.21. The van der Waals surface area contributed by atoms with Crippen LogP contribution in [0.2, 0.25) is 0 Å². The van der Waals surface area contributed by atoms with Gasteiger partial charge in [-0.25, -0.2) is 0 Å². The van der Waals surface area contributed by atoms with Gasteiger partial charge in [-0.1, -0.05) is 32.6 Å². The van der Waals surface area contributed by atoms with E-state index in [1.54, 1.807) is 0 Å². The van der Waals surface area contributed by atoms with Crippen LogP contribution in [0.5, 0.6) is 0 Å². The highest BCUT2D eigenvalue weighted by Crippen LogP contribution is 2.46. The fourth-order valence-electron chi connectivity index (χ4n) is 3.05. The van der Waals surface area contributed by atoms with Gasteiger partial charge in [-0.15, -0.1) is 0 Å². The van der Waals surface area contributed by atoms with Crippen molar-refractivity contribution < 1.29 is 4.74 Å². The van der Waals surface area contributed by atoms with Crippen molar-refractivity contribution in [3.63, 3.8) is 0 Å². The molecule has 2 rings (SSSR count). The van der Waals surface area contributed by atoms with Crippen molar-refractivity contribution in [3.8, 4) is 0 Å². The third-order valence-electron chi connectivity index (χ3n) is 3.52. The van der Waals surface area contributed by atoms with Gasteiger partial charge in [-0.3, -0.25) is 0 Å². The van der Waals surface area contributed by atoms with Gasteiger partial charge in [0.1, 0.15) is 11.4 Å². The van der Waals surface area contributed by atoms with E-state index in [2.05, 4.69) is 40.3 Å². The van der Waals surface area contributed by atoms with Gasteiger partial charge in [0.15, 0.2) is 0 Å². The number of hydrogen-bond acceptors (Lipinski definition) is 2. The van der Waals surface area contributed by atoms with Crippen LogP contribution in [0.15, 0.2) is 42.2 Å². The van der Waals surface area contributed by atoms with Crippen LogP contribution in [-0.4, -0.2) is 5.60 Å². The zero-order valence-corrected chi connectivity index (χ0v) is 12.3. The number of hydrogen-bond donors (Lipinski definition) is 1. The first-order valence-corrected chi connectivity index (χ1v) is 6.66. The van der Waals surface area contributed by atoms with Gasteiger partial charge < -0.3 is 10.5 Å². The fraction of sp³-hybridized carbons (Fsp3) is 0.412. The van der Waals surface area contributed by atoms with Crippen molar-refractivity contribution in [3.05, 3.63) is 47.7 Å². The highest BCUT2D eigenvalue weighted by Gasteiger charge is 2.40. The molecule has 0 radical (unpaired) electrons. The molecule has 1 heterocycles. The normalized spacial score (nSPS) is 23.2. The topological polar surface area (TPSA) is 35.2 Å². The minimum Gasteiger partial charge on any atom is -0.488 e. The second-order valence-electron chi connectivity index (χ2n) is 6.57. The molecule has 102 valence electrons. The van der Waals surface area contributed by atoms with Crippen LogP contribution >= 0.6 is 0 Å². The third-order valence-corrected chi connectivity index (χ3v) is 3.52. The Bertz CT molecular complexity index is 538. The van der Waals surface area contributed by atoms with Crippen molar-refractivity contribution in [1.82, 2.24) is 0 Å². The molecule has 0 aromatic heterocycles. The summed E-state index contributed by atoms with van der Waals surface area (Å²) in [5.41, 5.74) is 8.73. The standard InChI is InChI=1S/C17H23NO/c1-12-15(10-13-7-6-8-14(18)9-13)16(2,3)11-17(4,5)19-12/h6-10H,1,11,18H2,2-5H3/b15-10+. The maximum absolute atomic E-state index is 5.93. The van der Waals surface area contributed by atoms with Crippen molar-refractivity contribution in [1.29, 1.82) is 0 Å². The highest BCUT2D eigenvalue weighted by molar-refractivity contribution is 5.62. The van der Waals surface area contributed by atoms with E-state index < -0.39 is 0 Å². The molecule has 1 fully saturated rings. The van der Waals surface area contributed by atoms with Crippen molar-refractivity contribution in [2.45, 2.75) is 39.7 Å². The van der Waals surface area contributed by atoms with E-state index in [9.17, 15) is 0 Å². The number of nitrogens with two attached hydrogens (primary N) is 1. The number of nitrogen functional groups attached to an aromatic ring is 1. The molecular formula is C17H23NO. The van der Waals surface area contributed by atoms with E-state index in [4.69, 9.17) is 10.5 Å². The zero-order chi connectivity index (χ0) is 14.3. The summed E-state index contributed by atoms with van der Waals surface area (Å²) in [5, 5.41) is 0. The molecule has 2 nitrogen and oxygen atoms in total. The first kappa shape index (κ1) is 13.7. The van der Waals surface area contributed by atoms with Gasteiger partial charge in [-0.05, 0) is 55.0 Å². The smallest absolute Gasteiger partial charge is 0.116 e. The Hall–Kier alpha value is -1.70. The molecule has 2 N–H and O–H groups in total. The summed E-state index contributed by atoms with van der Waals surface area (Å²) in [6.45, 7) is 12.8. The van der Waals surface area contributed by atoms with E-state index in [1.807, 2.05) is 24.3 Å². The second-order valence-corrected chi connectivity index (χ2v) is 6.57. The van der Waals surface area contributed by atoms with E-state index >= 15 is 0 Å². The summed E-state index contributed by atoms with van der Waals surface area (Å²) >= 11 is 0. The second kappa shape index (κ2) is 4.44. The van der Waals surface area contributed by atoms with Crippen molar-refractivity contribution >= 4 is 11.8 Å². The van der Waals surface area contributed by atoms with E-state index in [0.29, 0.717) is 0 Å². The van der Waals surface area contributed by atoms with Crippen molar-refractivity contribution in [2.75, 3.05) is 5.73 Å². The van der Waals surface area contributed by atoms with Crippen LogP contribution < -0.4 is 5.73 Å². The lowest BCUT2D eigenvalue weighted by atomic mass is 9.72. The first-order valence-electron chi connectivity index (χ1n) is 6.66. The lowest BCUT2D eigenvalue weighted by molar-refractivity contribution is -0.0193. The molecule has 1 aliphatic heterocycles. The lowest BCUT2D eigenvalue weighted by Gasteiger charge is -2.44. The molecule has 0 spiro atoms. The van der Waals surface area contributed by atoms with Gasteiger partial charge >= 0.3 is 0 Å². The molecule has 0 saturated carbocycles. The lowest BCUT2D eigenvalue weighted by Crippen LogP contribution is -2.38. The van der Waals surface area contributed by atoms with Crippen LogP contribution in [0.3, 0.4) is 0 Å². The van der Waals surface area contributed by atoms with Crippen LogP contribution in [0.1, 0.15) is 39.7 Å². The Morgan fingerprint density at radius 2 is 1.95 bits per heavy atom. The molecule has 0 bridgehead atoms. The monoisotopic (exact) mass is 257 g/mol. The Morgan fingerprint density at radius 3 is 2.53 bits per heavy atom. The summed E-state index contributed by atoms with van der Waals surface area (Å²) in [7, 11) is 0. The van der Waals surface area contributed by atoms with Gasteiger partial charge in [0, 0.05) is 5.69 Å². The average molecular weight is 257 g/mol. The molecule has 1 aromatic carbocycles. The van der Waals surface area contributed by atoms with Crippen LogP contribution in [0.25, 0.3) is 6.08 Å². The van der Waals surface area contributed by atoms with Gasteiger partial charge in [0.25, 0.3) is 0 Å².